The zero-order valence-corrected chi connectivity index (χ0v) is 16.8. The molecule has 0 radical (unpaired) electrons. The van der Waals surface area contributed by atoms with Gasteiger partial charge in [-0.25, -0.2) is 0 Å². The summed E-state index contributed by atoms with van der Waals surface area (Å²) in [5.74, 6) is -0.442. The Morgan fingerprint density at radius 2 is 1.56 bits per heavy atom. The number of benzene rings is 3. The van der Waals surface area contributed by atoms with Gasteiger partial charge < -0.3 is 10.6 Å². The van der Waals surface area contributed by atoms with E-state index in [9.17, 15) is 9.59 Å². The highest BCUT2D eigenvalue weighted by atomic mass is 127. The number of amides is 2. The zero-order valence-electron chi connectivity index (χ0n) is 14.6. The van der Waals surface area contributed by atoms with E-state index in [-0.39, 0.29) is 11.8 Å². The second-order valence-corrected chi connectivity index (χ2v) is 7.25. The van der Waals surface area contributed by atoms with Gasteiger partial charge in [0.2, 0.25) is 0 Å². The van der Waals surface area contributed by atoms with Crippen molar-refractivity contribution in [2.75, 3.05) is 11.9 Å². The van der Waals surface area contributed by atoms with E-state index in [0.717, 1.165) is 15.6 Å². The number of halogens is 1. The molecule has 0 spiro atoms. The minimum atomic E-state index is -0.238. The largest absolute Gasteiger partial charge is 0.352 e. The van der Waals surface area contributed by atoms with Crippen molar-refractivity contribution < 1.29 is 9.59 Å². The number of carbonyl (C=O) groups is 2. The lowest BCUT2D eigenvalue weighted by molar-refractivity contribution is 0.0955. The number of para-hydroxylation sites is 1. The molecule has 3 aromatic carbocycles. The molecule has 4 nitrogen and oxygen atoms in total. The van der Waals surface area contributed by atoms with Crippen molar-refractivity contribution in [3.05, 3.63) is 99.1 Å². The molecule has 0 aromatic heterocycles. The first-order chi connectivity index (χ1) is 13.1. The van der Waals surface area contributed by atoms with Crippen molar-refractivity contribution in [2.24, 2.45) is 0 Å². The van der Waals surface area contributed by atoms with Crippen LogP contribution in [0.1, 0.15) is 26.3 Å². The lowest BCUT2D eigenvalue weighted by atomic mass is 10.1. The van der Waals surface area contributed by atoms with Gasteiger partial charge in [0, 0.05) is 15.7 Å². The molecule has 0 fully saturated rings. The molecular weight excluding hydrogens is 451 g/mol. The van der Waals surface area contributed by atoms with Crippen molar-refractivity contribution in [3.8, 4) is 0 Å². The van der Waals surface area contributed by atoms with Gasteiger partial charge in [0.15, 0.2) is 0 Å². The van der Waals surface area contributed by atoms with Crippen molar-refractivity contribution in [2.45, 2.75) is 6.42 Å². The van der Waals surface area contributed by atoms with Crippen LogP contribution in [0.2, 0.25) is 0 Å². The number of rotatable bonds is 6. The first kappa shape index (κ1) is 19.1. The molecule has 0 saturated heterocycles. The van der Waals surface area contributed by atoms with Crippen LogP contribution in [0.15, 0.2) is 78.9 Å². The second-order valence-electron chi connectivity index (χ2n) is 6.00. The van der Waals surface area contributed by atoms with E-state index < -0.39 is 0 Å². The predicted molar refractivity (Wildman–Crippen MR) is 116 cm³/mol. The maximum absolute atomic E-state index is 12.6. The topological polar surface area (TPSA) is 58.2 Å². The fourth-order valence-corrected chi connectivity index (χ4v) is 3.22. The summed E-state index contributed by atoms with van der Waals surface area (Å²) in [5, 5.41) is 5.76. The summed E-state index contributed by atoms with van der Waals surface area (Å²) < 4.78 is 0.979. The minimum Gasteiger partial charge on any atom is -0.352 e. The Morgan fingerprint density at radius 3 is 2.33 bits per heavy atom. The van der Waals surface area contributed by atoms with Gasteiger partial charge in [-0.1, -0.05) is 48.5 Å². The summed E-state index contributed by atoms with van der Waals surface area (Å²) >= 11 is 2.16. The third-order valence-corrected chi connectivity index (χ3v) is 4.72. The van der Waals surface area contributed by atoms with Gasteiger partial charge in [-0.3, -0.25) is 9.59 Å². The Hall–Kier alpha value is -2.67. The van der Waals surface area contributed by atoms with Crippen LogP contribution in [-0.4, -0.2) is 18.4 Å². The van der Waals surface area contributed by atoms with Gasteiger partial charge in [-0.05, 0) is 64.9 Å². The fourth-order valence-electron chi connectivity index (χ4n) is 2.67. The third kappa shape index (κ3) is 5.40. The molecule has 0 unspecified atom stereocenters. The van der Waals surface area contributed by atoms with Gasteiger partial charge in [0.25, 0.3) is 11.8 Å². The van der Waals surface area contributed by atoms with E-state index in [1.807, 2.05) is 42.5 Å². The third-order valence-electron chi connectivity index (χ3n) is 4.05. The van der Waals surface area contributed by atoms with E-state index in [1.54, 1.807) is 36.4 Å². The number of nitrogens with one attached hydrogen (secondary N) is 2. The summed E-state index contributed by atoms with van der Waals surface area (Å²) in [4.78, 5) is 25.1. The summed E-state index contributed by atoms with van der Waals surface area (Å²) in [6, 6.07) is 24.3. The Balaban J connectivity index is 1.66. The Bertz CT molecular complexity index is 942. The number of hydrogen-bond donors (Lipinski definition) is 2. The maximum atomic E-state index is 12.6. The number of carbonyl (C=O) groups excluding carboxylic acids is 2. The highest BCUT2D eigenvalue weighted by Gasteiger charge is 2.14. The molecule has 0 atom stereocenters. The fraction of sp³-hybridized carbons (Fsp3) is 0.0909. The van der Waals surface area contributed by atoms with Crippen LogP contribution in [0.3, 0.4) is 0 Å². The van der Waals surface area contributed by atoms with Crippen LogP contribution in [0.4, 0.5) is 5.69 Å². The van der Waals surface area contributed by atoms with E-state index in [2.05, 4.69) is 33.2 Å². The molecule has 136 valence electrons. The van der Waals surface area contributed by atoms with Crippen LogP contribution >= 0.6 is 22.6 Å². The first-order valence-corrected chi connectivity index (χ1v) is 9.69. The Kier molecular flexibility index (Phi) is 6.59. The van der Waals surface area contributed by atoms with Crippen LogP contribution in [-0.2, 0) is 6.42 Å². The summed E-state index contributed by atoms with van der Waals surface area (Å²) in [6.45, 7) is 0.530. The van der Waals surface area contributed by atoms with Gasteiger partial charge in [0.1, 0.15) is 0 Å². The van der Waals surface area contributed by atoms with Crippen molar-refractivity contribution in [3.63, 3.8) is 0 Å². The molecule has 2 N–H and O–H groups in total. The van der Waals surface area contributed by atoms with Gasteiger partial charge in [-0.2, -0.15) is 0 Å². The van der Waals surface area contributed by atoms with Gasteiger partial charge >= 0.3 is 0 Å². The smallest absolute Gasteiger partial charge is 0.255 e. The molecular formula is C22H19IN2O2. The molecule has 0 aliphatic rings. The van der Waals surface area contributed by atoms with Crippen LogP contribution in [0.5, 0.6) is 0 Å². The highest BCUT2D eigenvalue weighted by molar-refractivity contribution is 14.1. The quantitative estimate of drug-likeness (QED) is 0.521. The molecule has 0 bridgehead atoms. The van der Waals surface area contributed by atoms with Crippen molar-refractivity contribution in [1.29, 1.82) is 0 Å². The molecule has 5 heteroatoms. The standard InChI is InChI=1S/C22H19IN2O2/c23-18-10-6-9-17(15-18)21(26)25-20-12-5-4-11-19(20)22(27)24-14-13-16-7-2-1-3-8-16/h1-12,15H,13-14H2,(H,24,27)(H,25,26). The maximum Gasteiger partial charge on any atom is 0.255 e. The normalized spacial score (nSPS) is 10.3. The van der Waals surface area contributed by atoms with Crippen molar-refractivity contribution in [1.82, 2.24) is 5.32 Å². The molecule has 2 amide bonds. The molecule has 0 aliphatic heterocycles. The van der Waals surface area contributed by atoms with E-state index in [1.165, 1.54) is 0 Å². The van der Waals surface area contributed by atoms with E-state index >= 15 is 0 Å². The van der Waals surface area contributed by atoms with E-state index in [0.29, 0.717) is 23.4 Å². The Morgan fingerprint density at radius 1 is 0.815 bits per heavy atom. The lowest BCUT2D eigenvalue weighted by Gasteiger charge is -2.12. The average molecular weight is 470 g/mol. The molecule has 27 heavy (non-hydrogen) atoms. The molecule has 0 aliphatic carbocycles. The lowest BCUT2D eigenvalue weighted by Crippen LogP contribution is -2.27. The summed E-state index contributed by atoms with van der Waals surface area (Å²) in [6.07, 6.45) is 0.754. The van der Waals surface area contributed by atoms with Gasteiger partial charge in [0.05, 0.1) is 11.3 Å². The Labute approximate surface area is 172 Å². The molecule has 0 heterocycles. The van der Waals surface area contributed by atoms with Crippen LogP contribution in [0, 0.1) is 3.57 Å². The predicted octanol–water partition coefficient (Wildman–Crippen LogP) is 4.52. The summed E-state index contributed by atoms with van der Waals surface area (Å²) in [7, 11) is 0. The molecule has 3 aromatic rings. The highest BCUT2D eigenvalue weighted by Crippen LogP contribution is 2.17. The van der Waals surface area contributed by atoms with Crippen molar-refractivity contribution >= 4 is 40.1 Å². The van der Waals surface area contributed by atoms with Gasteiger partial charge in [-0.15, -0.1) is 0 Å². The van der Waals surface area contributed by atoms with E-state index in [4.69, 9.17) is 0 Å². The van der Waals surface area contributed by atoms with Crippen LogP contribution < -0.4 is 10.6 Å². The monoisotopic (exact) mass is 470 g/mol. The zero-order chi connectivity index (χ0) is 19.1. The SMILES string of the molecule is O=C(Nc1ccccc1C(=O)NCCc1ccccc1)c1cccc(I)c1. The van der Waals surface area contributed by atoms with Crippen LogP contribution in [0.25, 0.3) is 0 Å². The summed E-state index contributed by atoms with van der Waals surface area (Å²) in [5.41, 5.74) is 2.67. The molecule has 3 rings (SSSR count). The number of hydrogen-bond acceptors (Lipinski definition) is 2. The molecule has 0 saturated carbocycles. The number of anilines is 1. The average Bonchev–Trinajstić information content (AvgIpc) is 2.69. The second kappa shape index (κ2) is 9.32. The minimum absolute atomic E-state index is 0.204. The first-order valence-electron chi connectivity index (χ1n) is 8.61.